The number of aliphatic hydroxyl groups excluding tert-OH is 1. The number of thiophene rings is 1. The summed E-state index contributed by atoms with van der Waals surface area (Å²) in [5.74, 6) is 0.805. The van der Waals surface area contributed by atoms with Gasteiger partial charge in [0.25, 0.3) is 0 Å². The second-order valence-electron chi connectivity index (χ2n) is 4.79. The lowest BCUT2D eigenvalue weighted by molar-refractivity contribution is 0.158. The van der Waals surface area contributed by atoms with E-state index in [9.17, 15) is 5.11 Å². The quantitative estimate of drug-likeness (QED) is 0.854. The maximum Gasteiger partial charge on any atom is 0.0583 e. The average Bonchev–Trinajstić information content (AvgIpc) is 3.00. The van der Waals surface area contributed by atoms with Crippen LogP contribution in [0.15, 0.2) is 29.6 Å². The molecule has 1 aliphatic rings. The summed E-state index contributed by atoms with van der Waals surface area (Å²) in [5.41, 5.74) is 1.31. The average molecular weight is 232 g/mol. The van der Waals surface area contributed by atoms with Gasteiger partial charge in [0.1, 0.15) is 0 Å². The topological polar surface area (TPSA) is 20.2 Å². The van der Waals surface area contributed by atoms with Crippen LogP contribution in [0.2, 0.25) is 0 Å². The van der Waals surface area contributed by atoms with Crippen molar-refractivity contribution in [2.75, 3.05) is 0 Å². The molecule has 1 unspecified atom stereocenters. The third-order valence-corrected chi connectivity index (χ3v) is 4.33. The van der Waals surface area contributed by atoms with Gasteiger partial charge < -0.3 is 5.11 Å². The fraction of sp³-hybridized carbons (Fsp3) is 0.429. The molecule has 84 valence electrons. The van der Waals surface area contributed by atoms with Crippen molar-refractivity contribution >= 4 is 21.4 Å². The van der Waals surface area contributed by atoms with Crippen LogP contribution in [0.25, 0.3) is 10.1 Å². The molecule has 2 aromatic rings. The van der Waals surface area contributed by atoms with Crippen LogP contribution in [0.5, 0.6) is 0 Å². The molecule has 1 atom stereocenters. The second-order valence-corrected chi connectivity index (χ2v) is 5.71. The molecular weight excluding hydrogens is 216 g/mol. The molecule has 1 N–H and O–H groups in total. The van der Waals surface area contributed by atoms with Crippen LogP contribution < -0.4 is 0 Å². The number of hydrogen-bond donors (Lipinski definition) is 1. The second kappa shape index (κ2) is 4.19. The molecule has 0 bridgehead atoms. The molecule has 0 amide bonds. The first-order chi connectivity index (χ1) is 7.83. The van der Waals surface area contributed by atoms with Crippen molar-refractivity contribution in [3.8, 4) is 0 Å². The molecular formula is C14H16OS. The van der Waals surface area contributed by atoms with Gasteiger partial charge in [-0.2, -0.15) is 0 Å². The van der Waals surface area contributed by atoms with Crippen LogP contribution >= 0.6 is 11.3 Å². The zero-order chi connectivity index (χ0) is 11.0. The molecule has 1 aromatic heterocycles. The first-order valence-corrected chi connectivity index (χ1v) is 6.84. The van der Waals surface area contributed by atoms with Crippen molar-refractivity contribution < 1.29 is 5.11 Å². The van der Waals surface area contributed by atoms with Gasteiger partial charge in [0, 0.05) is 4.70 Å². The van der Waals surface area contributed by atoms with E-state index in [-0.39, 0.29) is 6.10 Å². The van der Waals surface area contributed by atoms with E-state index in [0.717, 1.165) is 18.8 Å². The minimum atomic E-state index is -0.148. The molecule has 0 saturated heterocycles. The highest BCUT2D eigenvalue weighted by atomic mass is 32.1. The maximum absolute atomic E-state index is 10.00. The zero-order valence-electron chi connectivity index (χ0n) is 9.23. The first kappa shape index (κ1) is 10.3. The van der Waals surface area contributed by atoms with Crippen molar-refractivity contribution in [1.82, 2.24) is 0 Å². The molecule has 0 aliphatic heterocycles. The Labute approximate surface area is 99.7 Å². The normalized spacial score (nSPS) is 17.8. The molecule has 1 nitrogen and oxygen atoms in total. The van der Waals surface area contributed by atoms with Gasteiger partial charge in [0.05, 0.1) is 6.10 Å². The van der Waals surface area contributed by atoms with E-state index in [1.165, 1.54) is 28.5 Å². The van der Waals surface area contributed by atoms with Gasteiger partial charge in [0.15, 0.2) is 0 Å². The van der Waals surface area contributed by atoms with E-state index in [0.29, 0.717) is 0 Å². The molecule has 1 aliphatic carbocycles. The zero-order valence-corrected chi connectivity index (χ0v) is 10.0. The van der Waals surface area contributed by atoms with E-state index in [1.54, 1.807) is 11.3 Å². The van der Waals surface area contributed by atoms with E-state index >= 15 is 0 Å². The lowest BCUT2D eigenvalue weighted by atomic mass is 10.0. The monoisotopic (exact) mass is 232 g/mol. The molecule has 3 rings (SSSR count). The predicted octanol–water partition coefficient (Wildman–Crippen LogP) is 3.60. The third-order valence-electron chi connectivity index (χ3n) is 3.32. The molecule has 1 fully saturated rings. The van der Waals surface area contributed by atoms with E-state index in [4.69, 9.17) is 0 Å². The van der Waals surface area contributed by atoms with Crippen molar-refractivity contribution in [3.05, 3.63) is 35.2 Å². The summed E-state index contributed by atoms with van der Waals surface area (Å²) in [4.78, 5) is 0. The highest BCUT2D eigenvalue weighted by molar-refractivity contribution is 7.17. The fourth-order valence-corrected chi connectivity index (χ4v) is 3.24. The van der Waals surface area contributed by atoms with Crippen molar-refractivity contribution in [3.63, 3.8) is 0 Å². The predicted molar refractivity (Wildman–Crippen MR) is 68.9 cm³/mol. The van der Waals surface area contributed by atoms with Gasteiger partial charge in [-0.1, -0.05) is 31.0 Å². The van der Waals surface area contributed by atoms with Gasteiger partial charge in [0.2, 0.25) is 0 Å². The van der Waals surface area contributed by atoms with Crippen LogP contribution in [0.1, 0.15) is 24.8 Å². The minimum Gasteiger partial charge on any atom is -0.393 e. The maximum atomic E-state index is 10.00. The Morgan fingerprint density at radius 3 is 2.94 bits per heavy atom. The Bertz CT molecular complexity index is 484. The number of rotatable bonds is 4. The SMILES string of the molecule is OC(Cc1csc2ccccc12)CC1CC1. The molecule has 1 saturated carbocycles. The standard InChI is InChI=1S/C14H16OS/c15-12(7-10-5-6-10)8-11-9-16-14-4-2-1-3-13(11)14/h1-4,9-10,12,15H,5-8H2. The molecule has 0 radical (unpaired) electrons. The van der Waals surface area contributed by atoms with Crippen LogP contribution in [-0.2, 0) is 6.42 Å². The Balaban J connectivity index is 1.77. The van der Waals surface area contributed by atoms with Crippen molar-refractivity contribution in [2.24, 2.45) is 5.92 Å². The van der Waals surface area contributed by atoms with Crippen LogP contribution in [0.4, 0.5) is 0 Å². The van der Waals surface area contributed by atoms with Crippen LogP contribution in [-0.4, -0.2) is 11.2 Å². The van der Waals surface area contributed by atoms with Gasteiger partial charge in [-0.15, -0.1) is 11.3 Å². The fourth-order valence-electron chi connectivity index (χ4n) is 2.27. The summed E-state index contributed by atoms with van der Waals surface area (Å²) in [7, 11) is 0. The van der Waals surface area contributed by atoms with Crippen molar-refractivity contribution in [2.45, 2.75) is 31.8 Å². The third kappa shape index (κ3) is 2.13. The number of benzene rings is 1. The lowest BCUT2D eigenvalue weighted by Crippen LogP contribution is -2.10. The Morgan fingerprint density at radius 2 is 2.12 bits per heavy atom. The summed E-state index contributed by atoms with van der Waals surface area (Å²) in [6.45, 7) is 0. The number of aliphatic hydroxyl groups is 1. The summed E-state index contributed by atoms with van der Waals surface area (Å²) in [6, 6.07) is 8.46. The lowest BCUT2D eigenvalue weighted by Gasteiger charge is -2.08. The molecule has 1 heterocycles. The highest BCUT2D eigenvalue weighted by Crippen LogP contribution is 2.35. The van der Waals surface area contributed by atoms with E-state index in [1.807, 2.05) is 0 Å². The van der Waals surface area contributed by atoms with Gasteiger partial charge in [-0.3, -0.25) is 0 Å². The van der Waals surface area contributed by atoms with Crippen LogP contribution in [0.3, 0.4) is 0 Å². The molecule has 1 aromatic carbocycles. The minimum absolute atomic E-state index is 0.148. The number of fused-ring (bicyclic) bond motifs is 1. The Kier molecular flexibility index (Phi) is 2.70. The summed E-state index contributed by atoms with van der Waals surface area (Å²) in [6.07, 6.45) is 4.30. The summed E-state index contributed by atoms with van der Waals surface area (Å²) in [5, 5.41) is 13.5. The summed E-state index contributed by atoms with van der Waals surface area (Å²) < 4.78 is 1.33. The number of hydrogen-bond acceptors (Lipinski definition) is 2. The Morgan fingerprint density at radius 1 is 1.31 bits per heavy atom. The van der Waals surface area contributed by atoms with Gasteiger partial charge in [-0.05, 0) is 41.2 Å². The molecule has 16 heavy (non-hydrogen) atoms. The molecule has 0 spiro atoms. The van der Waals surface area contributed by atoms with E-state index < -0.39 is 0 Å². The van der Waals surface area contributed by atoms with Gasteiger partial charge in [-0.25, -0.2) is 0 Å². The van der Waals surface area contributed by atoms with Crippen molar-refractivity contribution in [1.29, 1.82) is 0 Å². The summed E-state index contributed by atoms with van der Waals surface area (Å²) >= 11 is 1.78. The van der Waals surface area contributed by atoms with Gasteiger partial charge >= 0.3 is 0 Å². The molecule has 2 heteroatoms. The first-order valence-electron chi connectivity index (χ1n) is 5.96. The highest BCUT2D eigenvalue weighted by Gasteiger charge is 2.24. The van der Waals surface area contributed by atoms with Crippen LogP contribution in [0, 0.1) is 5.92 Å². The largest absolute Gasteiger partial charge is 0.393 e. The smallest absolute Gasteiger partial charge is 0.0583 e. The Hall–Kier alpha value is -0.860. The van der Waals surface area contributed by atoms with E-state index in [2.05, 4.69) is 29.6 Å².